The van der Waals surface area contributed by atoms with E-state index in [2.05, 4.69) is 20.2 Å². The molecule has 0 bridgehead atoms. The van der Waals surface area contributed by atoms with Gasteiger partial charge in [-0.15, -0.1) is 11.3 Å². The van der Waals surface area contributed by atoms with Gasteiger partial charge in [-0.25, -0.2) is 18.1 Å². The average Bonchev–Trinajstić information content (AvgIpc) is 3.22. The fourth-order valence-electron chi connectivity index (χ4n) is 2.31. The van der Waals surface area contributed by atoms with Gasteiger partial charge in [0, 0.05) is 30.2 Å². The molecule has 0 saturated heterocycles. The Kier molecular flexibility index (Phi) is 5.16. The number of aromatic nitrogens is 2. The van der Waals surface area contributed by atoms with E-state index in [1.165, 1.54) is 17.5 Å². The van der Waals surface area contributed by atoms with Crippen molar-refractivity contribution in [3.63, 3.8) is 0 Å². The minimum absolute atomic E-state index is 0.255. The highest BCUT2D eigenvalue weighted by Gasteiger charge is 2.21. The van der Waals surface area contributed by atoms with Gasteiger partial charge in [0.05, 0.1) is 16.0 Å². The number of nitrogens with one attached hydrogen (secondary N) is 2. The van der Waals surface area contributed by atoms with Gasteiger partial charge in [-0.1, -0.05) is 11.2 Å². The number of thiophene rings is 1. The Hall–Kier alpha value is -2.23. The summed E-state index contributed by atoms with van der Waals surface area (Å²) in [5, 5.41) is 6.77. The summed E-state index contributed by atoms with van der Waals surface area (Å²) in [7, 11) is -3.59. The largest absolute Gasteiger partial charge is 0.369 e. The smallest absolute Gasteiger partial charge is 0.241 e. The maximum Gasteiger partial charge on any atom is 0.241 e. The van der Waals surface area contributed by atoms with E-state index in [0.717, 1.165) is 16.3 Å². The fourth-order valence-corrected chi connectivity index (χ4v) is 4.89. The normalized spacial score (nSPS) is 11.6. The summed E-state index contributed by atoms with van der Waals surface area (Å²) in [5.41, 5.74) is 1.01. The molecule has 0 aliphatic heterocycles. The molecule has 2 N–H and O–H groups in total. The summed E-state index contributed by atoms with van der Waals surface area (Å²) in [5.74, 6) is 1.31. The first-order valence-corrected chi connectivity index (χ1v) is 9.94. The minimum atomic E-state index is -3.59. The van der Waals surface area contributed by atoms with Crippen molar-refractivity contribution in [1.29, 1.82) is 0 Å². The van der Waals surface area contributed by atoms with Crippen molar-refractivity contribution in [1.82, 2.24) is 14.9 Å². The Morgan fingerprint density at radius 1 is 1.20 bits per heavy atom. The van der Waals surface area contributed by atoms with E-state index in [0.29, 0.717) is 17.2 Å². The summed E-state index contributed by atoms with van der Waals surface area (Å²) in [4.78, 5) is 5.91. The van der Waals surface area contributed by atoms with Crippen LogP contribution in [0.3, 0.4) is 0 Å². The van der Waals surface area contributed by atoms with E-state index in [-0.39, 0.29) is 11.4 Å². The molecule has 0 aliphatic rings. The molecule has 0 radical (unpaired) electrons. The topological polar surface area (TPSA) is 97.1 Å². The van der Waals surface area contributed by atoms with Gasteiger partial charge in [0.2, 0.25) is 10.0 Å². The second-order valence-electron chi connectivity index (χ2n) is 5.40. The summed E-state index contributed by atoms with van der Waals surface area (Å²) < 4.78 is 32.7. The Balaban J connectivity index is 1.63. The zero-order valence-corrected chi connectivity index (χ0v) is 15.4. The van der Waals surface area contributed by atoms with Crippen LogP contribution in [0, 0.1) is 13.8 Å². The molecule has 7 nitrogen and oxygen atoms in total. The third-order valence-corrected chi connectivity index (χ3v) is 6.34. The lowest BCUT2D eigenvalue weighted by Crippen LogP contribution is -2.29. The van der Waals surface area contributed by atoms with Gasteiger partial charge in [-0.05, 0) is 31.5 Å². The van der Waals surface area contributed by atoms with Crippen molar-refractivity contribution in [2.75, 3.05) is 18.4 Å². The standard InChI is InChI=1S/C16H18N4O3S2/c1-11-4-3-6-17-16(11)18-8-9-20-25(21,22)15-10-14(24-12(15)2)13-5-7-19-23-13/h3-7,10,20H,8-9H2,1-2H3,(H,17,18). The van der Waals surface area contributed by atoms with Crippen LogP contribution in [0.25, 0.3) is 10.6 Å². The highest BCUT2D eigenvalue weighted by Crippen LogP contribution is 2.33. The van der Waals surface area contributed by atoms with E-state index in [9.17, 15) is 8.42 Å². The van der Waals surface area contributed by atoms with Crippen molar-refractivity contribution < 1.29 is 12.9 Å². The number of aryl methyl sites for hydroxylation is 2. The van der Waals surface area contributed by atoms with Crippen LogP contribution in [-0.4, -0.2) is 31.6 Å². The highest BCUT2D eigenvalue weighted by molar-refractivity contribution is 7.89. The number of hydrogen-bond donors (Lipinski definition) is 2. The van der Waals surface area contributed by atoms with E-state index >= 15 is 0 Å². The summed E-state index contributed by atoms with van der Waals surface area (Å²) in [6.07, 6.45) is 3.22. The van der Waals surface area contributed by atoms with E-state index in [4.69, 9.17) is 4.52 Å². The Labute approximate surface area is 150 Å². The molecule has 0 saturated carbocycles. The van der Waals surface area contributed by atoms with Crippen molar-refractivity contribution in [2.45, 2.75) is 18.7 Å². The molecule has 0 amide bonds. The van der Waals surface area contributed by atoms with Crippen LogP contribution in [0.4, 0.5) is 5.82 Å². The lowest BCUT2D eigenvalue weighted by molar-refractivity contribution is 0.433. The molecule has 0 aliphatic carbocycles. The maximum absolute atomic E-state index is 12.5. The molecule has 0 atom stereocenters. The van der Waals surface area contributed by atoms with Crippen molar-refractivity contribution >= 4 is 27.2 Å². The van der Waals surface area contributed by atoms with E-state index in [1.54, 1.807) is 25.3 Å². The van der Waals surface area contributed by atoms with Crippen LogP contribution in [-0.2, 0) is 10.0 Å². The Morgan fingerprint density at radius 3 is 2.76 bits per heavy atom. The highest BCUT2D eigenvalue weighted by atomic mass is 32.2. The lowest BCUT2D eigenvalue weighted by atomic mass is 10.3. The van der Waals surface area contributed by atoms with Crippen LogP contribution in [0.15, 0.2) is 46.1 Å². The van der Waals surface area contributed by atoms with Crippen molar-refractivity contribution in [3.8, 4) is 10.6 Å². The van der Waals surface area contributed by atoms with Crippen LogP contribution in [0.2, 0.25) is 0 Å². The van der Waals surface area contributed by atoms with Crippen LogP contribution in [0.1, 0.15) is 10.4 Å². The van der Waals surface area contributed by atoms with Crippen LogP contribution in [0.5, 0.6) is 0 Å². The second-order valence-corrected chi connectivity index (χ2v) is 8.39. The predicted molar refractivity (Wildman–Crippen MR) is 97.2 cm³/mol. The van der Waals surface area contributed by atoms with Gasteiger partial charge >= 0.3 is 0 Å². The SMILES string of the molecule is Cc1cccnc1NCCNS(=O)(=O)c1cc(-c2ccno2)sc1C. The molecule has 0 unspecified atom stereocenters. The number of hydrogen-bond acceptors (Lipinski definition) is 7. The molecule has 0 fully saturated rings. The zero-order valence-electron chi connectivity index (χ0n) is 13.8. The third kappa shape index (κ3) is 4.06. The van der Waals surface area contributed by atoms with Crippen LogP contribution >= 0.6 is 11.3 Å². The maximum atomic E-state index is 12.5. The number of pyridine rings is 1. The first-order chi connectivity index (χ1) is 12.0. The van der Waals surface area contributed by atoms with Crippen molar-refractivity contribution in [2.24, 2.45) is 0 Å². The minimum Gasteiger partial charge on any atom is -0.369 e. The molecule has 3 aromatic rings. The van der Waals surface area contributed by atoms with E-state index in [1.807, 2.05) is 19.1 Å². The second kappa shape index (κ2) is 7.34. The van der Waals surface area contributed by atoms with Gasteiger partial charge in [0.25, 0.3) is 0 Å². The fraction of sp³-hybridized carbons (Fsp3) is 0.250. The number of sulfonamides is 1. The first kappa shape index (κ1) is 17.6. The van der Waals surface area contributed by atoms with Crippen molar-refractivity contribution in [3.05, 3.63) is 47.1 Å². The molecular formula is C16H18N4O3S2. The molecular weight excluding hydrogens is 360 g/mol. The average molecular weight is 378 g/mol. The zero-order chi connectivity index (χ0) is 17.9. The van der Waals surface area contributed by atoms with Crippen LogP contribution < -0.4 is 10.0 Å². The summed E-state index contributed by atoms with van der Waals surface area (Å²) >= 11 is 1.36. The number of anilines is 1. The quantitative estimate of drug-likeness (QED) is 0.614. The van der Waals surface area contributed by atoms with Gasteiger partial charge < -0.3 is 9.84 Å². The molecule has 9 heteroatoms. The van der Waals surface area contributed by atoms with Gasteiger partial charge in [-0.2, -0.15) is 0 Å². The third-order valence-electron chi connectivity index (χ3n) is 3.56. The Morgan fingerprint density at radius 2 is 2.04 bits per heavy atom. The number of rotatable bonds is 7. The summed E-state index contributed by atoms with van der Waals surface area (Å²) in [6, 6.07) is 7.11. The molecule has 0 aromatic carbocycles. The number of nitrogens with zero attached hydrogens (tertiary/aromatic N) is 2. The molecule has 132 valence electrons. The molecule has 3 heterocycles. The molecule has 0 spiro atoms. The van der Waals surface area contributed by atoms with Gasteiger partial charge in [0.15, 0.2) is 5.76 Å². The Bertz CT molecular complexity index is 950. The molecule has 3 rings (SSSR count). The van der Waals surface area contributed by atoms with Gasteiger partial charge in [0.1, 0.15) is 5.82 Å². The molecule has 3 aromatic heterocycles. The lowest BCUT2D eigenvalue weighted by Gasteiger charge is -2.09. The van der Waals surface area contributed by atoms with E-state index < -0.39 is 10.0 Å². The first-order valence-electron chi connectivity index (χ1n) is 7.64. The monoisotopic (exact) mass is 378 g/mol. The predicted octanol–water partition coefficient (Wildman–Crippen LogP) is 2.81. The summed E-state index contributed by atoms with van der Waals surface area (Å²) in [6.45, 7) is 4.41. The molecule has 25 heavy (non-hydrogen) atoms. The van der Waals surface area contributed by atoms with Gasteiger partial charge in [-0.3, -0.25) is 0 Å².